The van der Waals surface area contributed by atoms with Crippen LogP contribution < -0.4 is 15.4 Å². The van der Waals surface area contributed by atoms with Crippen LogP contribution in [0.3, 0.4) is 0 Å². The fourth-order valence-corrected chi connectivity index (χ4v) is 3.47. The standard InChI is InChI=1S/C23H28N2O3/c1-16-10-6-9-15-21(16)28-17(2)22(26)25-20-14-8-7-13-19(20)23(27)24-18-11-4-3-5-12-18/h6-10,13-15,17-18H,3-5,11-12H2,1-2H3,(H,24,27)(H,25,26). The van der Waals surface area contributed by atoms with Crippen molar-refractivity contribution in [3.8, 4) is 5.75 Å². The molecule has 3 rings (SSSR count). The van der Waals surface area contributed by atoms with E-state index in [-0.39, 0.29) is 17.9 Å². The number of nitrogens with one attached hydrogen (secondary N) is 2. The van der Waals surface area contributed by atoms with Gasteiger partial charge in [-0.3, -0.25) is 9.59 Å². The molecule has 0 aromatic heterocycles. The predicted octanol–water partition coefficient (Wildman–Crippen LogP) is 4.46. The van der Waals surface area contributed by atoms with Gasteiger partial charge in [0, 0.05) is 6.04 Å². The van der Waals surface area contributed by atoms with E-state index in [9.17, 15) is 9.59 Å². The smallest absolute Gasteiger partial charge is 0.265 e. The monoisotopic (exact) mass is 380 g/mol. The van der Waals surface area contributed by atoms with Gasteiger partial charge in [-0.2, -0.15) is 0 Å². The molecule has 2 amide bonds. The Hall–Kier alpha value is -2.82. The molecule has 148 valence electrons. The Kier molecular flexibility index (Phi) is 6.69. The molecule has 0 aliphatic heterocycles. The molecule has 0 saturated heterocycles. The van der Waals surface area contributed by atoms with Crippen molar-refractivity contribution in [3.63, 3.8) is 0 Å². The SMILES string of the molecule is Cc1ccccc1OC(C)C(=O)Nc1ccccc1C(=O)NC1CCCCC1. The molecule has 0 heterocycles. The second-order valence-corrected chi connectivity index (χ2v) is 7.37. The Morgan fingerprint density at radius 3 is 2.43 bits per heavy atom. The summed E-state index contributed by atoms with van der Waals surface area (Å²) in [7, 11) is 0. The van der Waals surface area contributed by atoms with Crippen molar-refractivity contribution in [2.75, 3.05) is 5.32 Å². The third-order valence-corrected chi connectivity index (χ3v) is 5.14. The maximum absolute atomic E-state index is 12.7. The van der Waals surface area contributed by atoms with Gasteiger partial charge in [0.05, 0.1) is 11.3 Å². The van der Waals surface area contributed by atoms with E-state index in [1.165, 1.54) is 6.42 Å². The maximum atomic E-state index is 12.7. The summed E-state index contributed by atoms with van der Waals surface area (Å²) in [5.74, 6) is 0.241. The Balaban J connectivity index is 1.65. The number of anilines is 1. The van der Waals surface area contributed by atoms with Crippen LogP contribution in [0, 0.1) is 6.92 Å². The molecule has 1 atom stereocenters. The van der Waals surface area contributed by atoms with Gasteiger partial charge < -0.3 is 15.4 Å². The van der Waals surface area contributed by atoms with Crippen molar-refractivity contribution < 1.29 is 14.3 Å². The molecule has 0 bridgehead atoms. The largest absolute Gasteiger partial charge is 0.481 e. The molecule has 0 spiro atoms. The molecule has 1 aliphatic rings. The van der Waals surface area contributed by atoms with Crippen molar-refractivity contribution >= 4 is 17.5 Å². The summed E-state index contributed by atoms with van der Waals surface area (Å²) in [6, 6.07) is 14.9. The molecule has 5 nitrogen and oxygen atoms in total. The summed E-state index contributed by atoms with van der Waals surface area (Å²) in [6.45, 7) is 3.64. The number of benzene rings is 2. The highest BCUT2D eigenvalue weighted by molar-refractivity contribution is 6.04. The number of hydrogen-bond donors (Lipinski definition) is 2. The Labute approximate surface area is 166 Å². The maximum Gasteiger partial charge on any atom is 0.265 e. The van der Waals surface area contributed by atoms with E-state index < -0.39 is 6.10 Å². The van der Waals surface area contributed by atoms with Crippen LogP contribution >= 0.6 is 0 Å². The molecular formula is C23H28N2O3. The van der Waals surface area contributed by atoms with Crippen LogP contribution in [0.1, 0.15) is 54.9 Å². The predicted molar refractivity (Wildman–Crippen MR) is 111 cm³/mol. The molecular weight excluding hydrogens is 352 g/mol. The van der Waals surface area contributed by atoms with Crippen molar-refractivity contribution in [2.24, 2.45) is 0 Å². The van der Waals surface area contributed by atoms with Crippen LogP contribution in [0.2, 0.25) is 0 Å². The van der Waals surface area contributed by atoms with Gasteiger partial charge in [-0.05, 0) is 50.5 Å². The minimum absolute atomic E-state index is 0.143. The van der Waals surface area contributed by atoms with Crippen LogP contribution in [0.4, 0.5) is 5.69 Å². The van der Waals surface area contributed by atoms with E-state index in [4.69, 9.17) is 4.74 Å². The molecule has 1 fully saturated rings. The average Bonchev–Trinajstić information content (AvgIpc) is 2.70. The second kappa shape index (κ2) is 9.40. The molecule has 2 aromatic rings. The lowest BCUT2D eigenvalue weighted by atomic mass is 9.95. The number of aryl methyl sites for hydroxylation is 1. The fraction of sp³-hybridized carbons (Fsp3) is 0.391. The highest BCUT2D eigenvalue weighted by atomic mass is 16.5. The van der Waals surface area contributed by atoms with Gasteiger partial charge in [0.15, 0.2) is 6.10 Å². The number of rotatable bonds is 6. The van der Waals surface area contributed by atoms with Crippen LogP contribution in [0.5, 0.6) is 5.75 Å². The summed E-state index contributed by atoms with van der Waals surface area (Å²) in [5.41, 5.74) is 1.94. The molecule has 28 heavy (non-hydrogen) atoms. The summed E-state index contributed by atoms with van der Waals surface area (Å²) in [4.78, 5) is 25.4. The molecule has 1 saturated carbocycles. The molecule has 1 aliphatic carbocycles. The van der Waals surface area contributed by atoms with Crippen LogP contribution in [0.15, 0.2) is 48.5 Å². The van der Waals surface area contributed by atoms with Gasteiger partial charge in [-0.25, -0.2) is 0 Å². The van der Waals surface area contributed by atoms with Crippen molar-refractivity contribution in [2.45, 2.75) is 58.1 Å². The van der Waals surface area contributed by atoms with E-state index >= 15 is 0 Å². The lowest BCUT2D eigenvalue weighted by Gasteiger charge is -2.23. The number of carbonyl (C=O) groups is 2. The third kappa shape index (κ3) is 5.12. The third-order valence-electron chi connectivity index (χ3n) is 5.14. The topological polar surface area (TPSA) is 67.4 Å². The van der Waals surface area contributed by atoms with Gasteiger partial charge in [0.25, 0.3) is 11.8 Å². The Morgan fingerprint density at radius 2 is 1.68 bits per heavy atom. The lowest BCUT2D eigenvalue weighted by Crippen LogP contribution is -2.37. The van der Waals surface area contributed by atoms with E-state index in [0.717, 1.165) is 31.2 Å². The first-order valence-electron chi connectivity index (χ1n) is 9.97. The molecule has 2 aromatic carbocycles. The molecule has 1 unspecified atom stereocenters. The molecule has 2 N–H and O–H groups in total. The van der Waals surface area contributed by atoms with Crippen LogP contribution in [0.25, 0.3) is 0 Å². The fourth-order valence-electron chi connectivity index (χ4n) is 3.47. The molecule has 0 radical (unpaired) electrons. The zero-order valence-electron chi connectivity index (χ0n) is 16.5. The van der Waals surface area contributed by atoms with Gasteiger partial charge in [0.1, 0.15) is 5.75 Å². The normalized spacial score (nSPS) is 15.5. The summed E-state index contributed by atoms with van der Waals surface area (Å²) in [5, 5.41) is 5.95. The van der Waals surface area contributed by atoms with Crippen molar-refractivity contribution in [1.29, 1.82) is 0 Å². The van der Waals surface area contributed by atoms with Gasteiger partial charge >= 0.3 is 0 Å². The first-order chi connectivity index (χ1) is 13.5. The van der Waals surface area contributed by atoms with Crippen LogP contribution in [-0.2, 0) is 4.79 Å². The zero-order chi connectivity index (χ0) is 19.9. The highest BCUT2D eigenvalue weighted by Crippen LogP contribution is 2.21. The minimum Gasteiger partial charge on any atom is -0.481 e. The van der Waals surface area contributed by atoms with Crippen molar-refractivity contribution in [1.82, 2.24) is 5.32 Å². The highest BCUT2D eigenvalue weighted by Gasteiger charge is 2.21. The van der Waals surface area contributed by atoms with Crippen LogP contribution in [-0.4, -0.2) is 24.0 Å². The summed E-state index contributed by atoms with van der Waals surface area (Å²) in [6.07, 6.45) is 4.88. The van der Waals surface area contributed by atoms with E-state index in [2.05, 4.69) is 10.6 Å². The first-order valence-corrected chi connectivity index (χ1v) is 9.97. The van der Waals surface area contributed by atoms with Gasteiger partial charge in [0.2, 0.25) is 0 Å². The quantitative estimate of drug-likeness (QED) is 0.777. The second-order valence-electron chi connectivity index (χ2n) is 7.37. The number of hydrogen-bond acceptors (Lipinski definition) is 3. The lowest BCUT2D eigenvalue weighted by molar-refractivity contribution is -0.122. The Bertz CT molecular complexity index is 828. The van der Waals surface area contributed by atoms with Gasteiger partial charge in [-0.1, -0.05) is 49.6 Å². The first kappa shape index (κ1) is 19.9. The number of amides is 2. The zero-order valence-corrected chi connectivity index (χ0v) is 16.5. The van der Waals surface area contributed by atoms with Gasteiger partial charge in [-0.15, -0.1) is 0 Å². The minimum atomic E-state index is -0.685. The number of para-hydroxylation sites is 2. The number of ether oxygens (including phenoxy) is 1. The average molecular weight is 380 g/mol. The summed E-state index contributed by atoms with van der Waals surface area (Å²) < 4.78 is 5.79. The van der Waals surface area contributed by atoms with E-state index in [1.54, 1.807) is 31.2 Å². The Morgan fingerprint density at radius 1 is 1.00 bits per heavy atom. The van der Waals surface area contributed by atoms with Crippen molar-refractivity contribution in [3.05, 3.63) is 59.7 Å². The molecule has 5 heteroatoms. The number of carbonyl (C=O) groups excluding carboxylic acids is 2. The van der Waals surface area contributed by atoms with E-state index in [1.807, 2.05) is 31.2 Å². The summed E-state index contributed by atoms with van der Waals surface area (Å²) >= 11 is 0. The van der Waals surface area contributed by atoms with E-state index in [0.29, 0.717) is 17.0 Å².